The first-order valence-electron chi connectivity index (χ1n) is 10.0. The van der Waals surface area contributed by atoms with E-state index in [1.165, 1.54) is 5.56 Å². The van der Waals surface area contributed by atoms with Crippen LogP contribution in [0.3, 0.4) is 0 Å². The van der Waals surface area contributed by atoms with Crippen LogP contribution in [0, 0.1) is 0 Å². The number of hydrogen-bond acceptors (Lipinski definition) is 5. The van der Waals surface area contributed by atoms with Crippen molar-refractivity contribution in [3.8, 4) is 0 Å². The van der Waals surface area contributed by atoms with Gasteiger partial charge in [-0.25, -0.2) is 0 Å². The predicted octanol–water partition coefficient (Wildman–Crippen LogP) is 3.82. The average Bonchev–Trinajstić information content (AvgIpc) is 3.22. The molecule has 0 amide bonds. The van der Waals surface area contributed by atoms with Crippen molar-refractivity contribution in [1.29, 1.82) is 0 Å². The molecular formula is C22H34O5. The molecule has 2 saturated heterocycles. The minimum atomic E-state index is -0.577. The van der Waals surface area contributed by atoms with Gasteiger partial charge < -0.3 is 24.1 Å². The molecule has 4 atom stereocenters. The van der Waals surface area contributed by atoms with Crippen molar-refractivity contribution in [2.75, 3.05) is 13.2 Å². The summed E-state index contributed by atoms with van der Waals surface area (Å²) in [6.45, 7) is 9.58. The first-order valence-corrected chi connectivity index (χ1v) is 10.0. The maximum Gasteiger partial charge on any atom is 0.164 e. The summed E-state index contributed by atoms with van der Waals surface area (Å²) in [5, 5.41) is 9.27. The number of rotatable bonds is 10. The highest BCUT2D eigenvalue weighted by atomic mass is 16.8. The van der Waals surface area contributed by atoms with Crippen LogP contribution in [0.1, 0.15) is 58.9 Å². The quantitative estimate of drug-likeness (QED) is 0.495. The minimum Gasteiger partial charge on any atom is -0.394 e. The van der Waals surface area contributed by atoms with Gasteiger partial charge in [-0.3, -0.25) is 0 Å². The first kappa shape index (κ1) is 20.7. The second-order valence-corrected chi connectivity index (χ2v) is 8.70. The Hall–Kier alpha value is -0.980. The van der Waals surface area contributed by atoms with Crippen LogP contribution in [-0.4, -0.2) is 47.5 Å². The number of hydrogen-bond donors (Lipinski definition) is 1. The SMILES string of the molecule is CC1(C)O[C@H](CC[C@]2(C)O[C@H]2CO)[C@](C)(CCCOCc2ccccc2)O1. The maximum atomic E-state index is 9.27. The molecule has 0 radical (unpaired) electrons. The monoisotopic (exact) mass is 378 g/mol. The number of benzene rings is 1. The van der Waals surface area contributed by atoms with E-state index >= 15 is 0 Å². The van der Waals surface area contributed by atoms with Crippen LogP contribution < -0.4 is 0 Å². The van der Waals surface area contributed by atoms with Gasteiger partial charge in [-0.1, -0.05) is 30.3 Å². The molecule has 27 heavy (non-hydrogen) atoms. The van der Waals surface area contributed by atoms with E-state index in [1.54, 1.807) is 0 Å². The molecule has 1 N–H and O–H groups in total. The van der Waals surface area contributed by atoms with Crippen molar-refractivity contribution < 1.29 is 24.1 Å². The first-order chi connectivity index (χ1) is 12.8. The largest absolute Gasteiger partial charge is 0.394 e. The molecule has 1 aromatic rings. The van der Waals surface area contributed by atoms with Crippen LogP contribution in [0.5, 0.6) is 0 Å². The van der Waals surface area contributed by atoms with E-state index < -0.39 is 5.79 Å². The summed E-state index contributed by atoms with van der Waals surface area (Å²) in [4.78, 5) is 0. The molecule has 2 aliphatic heterocycles. The Morgan fingerprint density at radius 1 is 0.963 bits per heavy atom. The summed E-state index contributed by atoms with van der Waals surface area (Å²) < 4.78 is 23.9. The molecule has 1 aromatic carbocycles. The van der Waals surface area contributed by atoms with E-state index in [4.69, 9.17) is 18.9 Å². The third-order valence-electron chi connectivity index (χ3n) is 5.76. The van der Waals surface area contributed by atoms with Crippen molar-refractivity contribution in [3.05, 3.63) is 35.9 Å². The van der Waals surface area contributed by atoms with Crippen molar-refractivity contribution >= 4 is 0 Å². The van der Waals surface area contributed by atoms with Crippen molar-refractivity contribution in [1.82, 2.24) is 0 Å². The zero-order chi connectivity index (χ0) is 19.5. The maximum absolute atomic E-state index is 9.27. The van der Waals surface area contributed by atoms with Crippen molar-refractivity contribution in [2.24, 2.45) is 0 Å². The molecule has 2 aliphatic rings. The molecule has 0 aliphatic carbocycles. The van der Waals surface area contributed by atoms with Gasteiger partial charge in [-0.2, -0.15) is 0 Å². The number of aliphatic hydroxyl groups is 1. The fourth-order valence-corrected chi connectivity index (χ4v) is 4.14. The third-order valence-corrected chi connectivity index (χ3v) is 5.76. The Labute approximate surface area is 163 Å². The molecular weight excluding hydrogens is 344 g/mol. The number of epoxide rings is 1. The number of aliphatic hydroxyl groups excluding tert-OH is 1. The average molecular weight is 379 g/mol. The molecule has 0 saturated carbocycles. The molecule has 5 heteroatoms. The Morgan fingerprint density at radius 3 is 2.37 bits per heavy atom. The summed E-state index contributed by atoms with van der Waals surface area (Å²) in [6.07, 6.45) is 3.51. The molecule has 3 rings (SSSR count). The summed E-state index contributed by atoms with van der Waals surface area (Å²) in [5.41, 5.74) is 0.642. The lowest BCUT2D eigenvalue weighted by atomic mass is 9.88. The second kappa shape index (κ2) is 8.18. The molecule has 0 bridgehead atoms. The molecule has 0 spiro atoms. The minimum absolute atomic E-state index is 0.0157. The fourth-order valence-electron chi connectivity index (χ4n) is 4.14. The second-order valence-electron chi connectivity index (χ2n) is 8.70. The zero-order valence-electron chi connectivity index (χ0n) is 17.1. The molecule has 2 heterocycles. The highest BCUT2D eigenvalue weighted by molar-refractivity contribution is 5.13. The normalized spacial score (nSPS) is 34.7. The molecule has 0 unspecified atom stereocenters. The molecule has 5 nitrogen and oxygen atoms in total. The van der Waals surface area contributed by atoms with E-state index in [2.05, 4.69) is 26.0 Å². The van der Waals surface area contributed by atoms with Crippen LogP contribution in [0.4, 0.5) is 0 Å². The lowest BCUT2D eigenvalue weighted by Gasteiger charge is -2.29. The van der Waals surface area contributed by atoms with Gasteiger partial charge in [0.15, 0.2) is 5.79 Å². The predicted molar refractivity (Wildman–Crippen MR) is 103 cm³/mol. The van der Waals surface area contributed by atoms with Crippen molar-refractivity contribution in [2.45, 2.75) is 89.2 Å². The van der Waals surface area contributed by atoms with Crippen LogP contribution in [0.2, 0.25) is 0 Å². The topological polar surface area (TPSA) is 60.5 Å². The third kappa shape index (κ3) is 5.30. The molecule has 152 valence electrons. The van der Waals surface area contributed by atoms with Crippen LogP contribution in [-0.2, 0) is 25.6 Å². The van der Waals surface area contributed by atoms with E-state index in [0.717, 1.165) is 25.7 Å². The van der Waals surface area contributed by atoms with E-state index in [-0.39, 0.29) is 30.0 Å². The molecule has 2 fully saturated rings. The summed E-state index contributed by atoms with van der Waals surface area (Å²) >= 11 is 0. The number of ether oxygens (including phenoxy) is 4. The zero-order valence-corrected chi connectivity index (χ0v) is 17.1. The highest BCUT2D eigenvalue weighted by Gasteiger charge is 2.54. The Bertz CT molecular complexity index is 604. The van der Waals surface area contributed by atoms with Crippen molar-refractivity contribution in [3.63, 3.8) is 0 Å². The summed E-state index contributed by atoms with van der Waals surface area (Å²) in [7, 11) is 0. The van der Waals surface area contributed by atoms with Gasteiger partial charge in [0.05, 0.1) is 30.5 Å². The Morgan fingerprint density at radius 2 is 1.70 bits per heavy atom. The fraction of sp³-hybridized carbons (Fsp3) is 0.727. The lowest BCUT2D eigenvalue weighted by Crippen LogP contribution is -2.38. The van der Waals surface area contributed by atoms with E-state index in [0.29, 0.717) is 13.2 Å². The van der Waals surface area contributed by atoms with Crippen LogP contribution in [0.25, 0.3) is 0 Å². The highest BCUT2D eigenvalue weighted by Crippen LogP contribution is 2.45. The Kier molecular flexibility index (Phi) is 6.28. The van der Waals surface area contributed by atoms with Gasteiger partial charge >= 0.3 is 0 Å². The molecule has 0 aromatic heterocycles. The van der Waals surface area contributed by atoms with Crippen LogP contribution in [0.15, 0.2) is 30.3 Å². The van der Waals surface area contributed by atoms with Gasteiger partial charge in [0.1, 0.15) is 6.10 Å². The smallest absolute Gasteiger partial charge is 0.164 e. The van der Waals surface area contributed by atoms with Gasteiger partial charge in [0, 0.05) is 6.61 Å². The van der Waals surface area contributed by atoms with Gasteiger partial charge in [-0.15, -0.1) is 0 Å². The summed E-state index contributed by atoms with van der Waals surface area (Å²) in [6, 6.07) is 10.2. The van der Waals surface area contributed by atoms with Gasteiger partial charge in [0.25, 0.3) is 0 Å². The van der Waals surface area contributed by atoms with E-state index in [1.807, 2.05) is 32.0 Å². The summed E-state index contributed by atoms with van der Waals surface area (Å²) in [5.74, 6) is -0.577. The van der Waals surface area contributed by atoms with E-state index in [9.17, 15) is 5.11 Å². The standard InChI is InChI=1S/C22H34O5/c1-20(2)25-18(11-13-21(3)19(15-23)26-21)22(4,27-20)12-8-14-24-16-17-9-6-5-7-10-17/h5-7,9-10,18-19,23H,8,11-16H2,1-4H3/t18-,19+,21+,22+/m1/s1. The van der Waals surface area contributed by atoms with Crippen LogP contribution >= 0.6 is 0 Å². The van der Waals surface area contributed by atoms with Gasteiger partial charge in [0.2, 0.25) is 0 Å². The Balaban J connectivity index is 1.45. The van der Waals surface area contributed by atoms with Gasteiger partial charge in [-0.05, 0) is 58.9 Å². The lowest BCUT2D eigenvalue weighted by molar-refractivity contribution is -0.162.